The number of nitrogens with one attached hydrogen (secondary N) is 2. The van der Waals surface area contributed by atoms with E-state index in [0.29, 0.717) is 10.6 Å². The van der Waals surface area contributed by atoms with Crippen LogP contribution in [0.1, 0.15) is 44.5 Å². The summed E-state index contributed by atoms with van der Waals surface area (Å²) < 4.78 is 0. The molecule has 116 valence electrons. The number of rotatable bonds is 6. The van der Waals surface area contributed by atoms with Gasteiger partial charge in [0, 0.05) is 6.04 Å². The van der Waals surface area contributed by atoms with Gasteiger partial charge in [0.15, 0.2) is 0 Å². The zero-order valence-electron chi connectivity index (χ0n) is 12.9. The maximum Gasteiger partial charge on any atom is 0.253 e. The molecule has 0 aliphatic rings. The SMILES string of the molecule is CCC(C)NC(=O)C(NC(=O)c1ccccc1Cl)C(C)C. The van der Waals surface area contributed by atoms with Crippen LogP contribution in [-0.2, 0) is 4.79 Å². The molecule has 1 aromatic carbocycles. The van der Waals surface area contributed by atoms with E-state index in [2.05, 4.69) is 10.6 Å². The van der Waals surface area contributed by atoms with Crippen LogP contribution in [0.25, 0.3) is 0 Å². The first-order valence-electron chi connectivity index (χ1n) is 7.22. The smallest absolute Gasteiger partial charge is 0.253 e. The predicted molar refractivity (Wildman–Crippen MR) is 85.4 cm³/mol. The number of carbonyl (C=O) groups is 2. The lowest BCUT2D eigenvalue weighted by atomic mass is 10.0. The highest BCUT2D eigenvalue weighted by atomic mass is 35.5. The van der Waals surface area contributed by atoms with Crippen molar-refractivity contribution < 1.29 is 9.59 Å². The molecular weight excluding hydrogens is 288 g/mol. The lowest BCUT2D eigenvalue weighted by Gasteiger charge is -2.23. The van der Waals surface area contributed by atoms with E-state index in [1.165, 1.54) is 0 Å². The molecule has 1 rings (SSSR count). The Morgan fingerprint density at radius 2 is 1.76 bits per heavy atom. The highest BCUT2D eigenvalue weighted by Crippen LogP contribution is 2.15. The number of hydrogen-bond acceptors (Lipinski definition) is 2. The van der Waals surface area contributed by atoms with E-state index in [1.807, 2.05) is 27.7 Å². The largest absolute Gasteiger partial charge is 0.352 e. The van der Waals surface area contributed by atoms with Gasteiger partial charge in [0.1, 0.15) is 6.04 Å². The van der Waals surface area contributed by atoms with Crippen LogP contribution in [-0.4, -0.2) is 23.9 Å². The number of hydrogen-bond donors (Lipinski definition) is 2. The first-order valence-corrected chi connectivity index (χ1v) is 7.60. The van der Waals surface area contributed by atoms with Gasteiger partial charge in [-0.2, -0.15) is 0 Å². The minimum Gasteiger partial charge on any atom is -0.352 e. The molecule has 0 aliphatic heterocycles. The number of amides is 2. The van der Waals surface area contributed by atoms with Crippen molar-refractivity contribution in [3.63, 3.8) is 0 Å². The van der Waals surface area contributed by atoms with Crippen LogP contribution in [0, 0.1) is 5.92 Å². The Morgan fingerprint density at radius 1 is 1.14 bits per heavy atom. The highest BCUT2D eigenvalue weighted by molar-refractivity contribution is 6.33. The second kappa shape index (κ2) is 8.03. The van der Waals surface area contributed by atoms with E-state index in [4.69, 9.17) is 11.6 Å². The summed E-state index contributed by atoms with van der Waals surface area (Å²) in [4.78, 5) is 24.5. The summed E-state index contributed by atoms with van der Waals surface area (Å²) in [5.74, 6) is -0.515. The average Bonchev–Trinajstić information content (AvgIpc) is 2.44. The Balaban J connectivity index is 2.82. The van der Waals surface area contributed by atoms with E-state index in [1.54, 1.807) is 24.3 Å². The molecule has 0 saturated carbocycles. The van der Waals surface area contributed by atoms with Gasteiger partial charge >= 0.3 is 0 Å². The van der Waals surface area contributed by atoms with Crippen LogP contribution < -0.4 is 10.6 Å². The zero-order chi connectivity index (χ0) is 16.0. The van der Waals surface area contributed by atoms with E-state index in [9.17, 15) is 9.59 Å². The lowest BCUT2D eigenvalue weighted by molar-refractivity contribution is -0.124. The monoisotopic (exact) mass is 310 g/mol. The summed E-state index contributed by atoms with van der Waals surface area (Å²) in [6, 6.07) is 6.29. The van der Waals surface area contributed by atoms with E-state index in [-0.39, 0.29) is 23.8 Å². The Hall–Kier alpha value is -1.55. The van der Waals surface area contributed by atoms with E-state index >= 15 is 0 Å². The second-order valence-electron chi connectivity index (χ2n) is 5.49. The van der Waals surface area contributed by atoms with Gasteiger partial charge in [-0.1, -0.05) is 44.5 Å². The summed E-state index contributed by atoms with van der Waals surface area (Å²) in [7, 11) is 0. The summed E-state index contributed by atoms with van der Waals surface area (Å²) in [5.41, 5.74) is 0.376. The molecule has 0 spiro atoms. The van der Waals surface area contributed by atoms with Gasteiger partial charge in [-0.25, -0.2) is 0 Å². The van der Waals surface area contributed by atoms with Crippen LogP contribution in [0.2, 0.25) is 5.02 Å². The Morgan fingerprint density at radius 3 is 2.29 bits per heavy atom. The second-order valence-corrected chi connectivity index (χ2v) is 5.90. The third-order valence-electron chi connectivity index (χ3n) is 3.36. The topological polar surface area (TPSA) is 58.2 Å². The third kappa shape index (κ3) is 5.05. The Labute approximate surface area is 131 Å². The van der Waals surface area contributed by atoms with Gasteiger partial charge in [0.05, 0.1) is 10.6 Å². The number of benzene rings is 1. The number of carbonyl (C=O) groups excluding carboxylic acids is 2. The van der Waals surface area contributed by atoms with E-state index < -0.39 is 6.04 Å². The van der Waals surface area contributed by atoms with Gasteiger partial charge in [0.25, 0.3) is 5.91 Å². The summed E-state index contributed by atoms with van der Waals surface area (Å²) >= 11 is 6.01. The van der Waals surface area contributed by atoms with Crippen molar-refractivity contribution in [3.8, 4) is 0 Å². The molecule has 5 heteroatoms. The van der Waals surface area contributed by atoms with Gasteiger partial charge in [0.2, 0.25) is 5.91 Å². The summed E-state index contributed by atoms with van der Waals surface area (Å²) in [6.07, 6.45) is 0.842. The Kier molecular flexibility index (Phi) is 6.69. The van der Waals surface area contributed by atoms with Crippen LogP contribution in [0.15, 0.2) is 24.3 Å². The van der Waals surface area contributed by atoms with Gasteiger partial charge < -0.3 is 10.6 Å². The van der Waals surface area contributed by atoms with Crippen molar-refractivity contribution in [3.05, 3.63) is 34.9 Å². The fraction of sp³-hybridized carbons (Fsp3) is 0.500. The van der Waals surface area contributed by atoms with Crippen LogP contribution in [0.4, 0.5) is 0 Å². The summed E-state index contributed by atoms with van der Waals surface area (Å²) in [5, 5.41) is 6.04. The Bertz CT molecular complexity index is 503. The molecule has 0 heterocycles. The molecule has 0 saturated heterocycles. The molecule has 0 bridgehead atoms. The standard InChI is InChI=1S/C16H23ClN2O2/c1-5-11(4)18-16(21)14(10(2)3)19-15(20)12-8-6-7-9-13(12)17/h6-11,14H,5H2,1-4H3,(H,18,21)(H,19,20). The predicted octanol–water partition coefficient (Wildman–Crippen LogP) is 3.01. The van der Waals surface area contributed by atoms with Crippen LogP contribution >= 0.6 is 11.6 Å². The van der Waals surface area contributed by atoms with Crippen molar-refractivity contribution >= 4 is 23.4 Å². The molecule has 2 amide bonds. The summed E-state index contributed by atoms with van der Waals surface area (Å²) in [6.45, 7) is 7.73. The molecular formula is C16H23ClN2O2. The molecule has 2 unspecified atom stereocenters. The molecule has 2 N–H and O–H groups in total. The molecule has 0 aliphatic carbocycles. The van der Waals surface area contributed by atoms with Crippen LogP contribution in [0.3, 0.4) is 0 Å². The third-order valence-corrected chi connectivity index (χ3v) is 3.68. The van der Waals surface area contributed by atoms with Gasteiger partial charge in [-0.15, -0.1) is 0 Å². The fourth-order valence-electron chi connectivity index (χ4n) is 1.83. The van der Waals surface area contributed by atoms with Crippen molar-refractivity contribution in [2.75, 3.05) is 0 Å². The quantitative estimate of drug-likeness (QED) is 0.848. The van der Waals surface area contributed by atoms with Crippen molar-refractivity contribution in [2.24, 2.45) is 5.92 Å². The molecule has 21 heavy (non-hydrogen) atoms. The van der Waals surface area contributed by atoms with Crippen LogP contribution in [0.5, 0.6) is 0 Å². The molecule has 4 nitrogen and oxygen atoms in total. The fourth-order valence-corrected chi connectivity index (χ4v) is 2.06. The highest BCUT2D eigenvalue weighted by Gasteiger charge is 2.25. The maximum atomic E-state index is 12.3. The molecule has 0 radical (unpaired) electrons. The first-order chi connectivity index (χ1) is 9.86. The molecule has 2 atom stereocenters. The minimum absolute atomic E-state index is 0.0134. The zero-order valence-corrected chi connectivity index (χ0v) is 13.7. The lowest BCUT2D eigenvalue weighted by Crippen LogP contribution is -2.51. The van der Waals surface area contributed by atoms with Gasteiger partial charge in [-0.05, 0) is 31.4 Å². The normalized spacial score (nSPS) is 13.6. The first kappa shape index (κ1) is 17.5. The van der Waals surface area contributed by atoms with Crippen molar-refractivity contribution in [1.29, 1.82) is 0 Å². The van der Waals surface area contributed by atoms with E-state index in [0.717, 1.165) is 6.42 Å². The van der Waals surface area contributed by atoms with Crippen molar-refractivity contribution in [1.82, 2.24) is 10.6 Å². The molecule has 1 aromatic rings. The molecule has 0 fully saturated rings. The van der Waals surface area contributed by atoms with Gasteiger partial charge in [-0.3, -0.25) is 9.59 Å². The minimum atomic E-state index is -0.581. The average molecular weight is 311 g/mol. The maximum absolute atomic E-state index is 12.3. The van der Waals surface area contributed by atoms with Crippen molar-refractivity contribution in [2.45, 2.75) is 46.2 Å². The number of halogens is 1. The molecule has 0 aromatic heterocycles.